The van der Waals surface area contributed by atoms with Crippen molar-refractivity contribution >= 4 is 24.3 Å². The average molecular weight is 272 g/mol. The van der Waals surface area contributed by atoms with E-state index in [1.807, 2.05) is 6.92 Å². The van der Waals surface area contributed by atoms with Crippen molar-refractivity contribution in [2.75, 3.05) is 6.54 Å². The summed E-state index contributed by atoms with van der Waals surface area (Å²) >= 11 is 0. The van der Waals surface area contributed by atoms with Crippen LogP contribution in [0.25, 0.3) is 6.08 Å². The van der Waals surface area contributed by atoms with Gasteiger partial charge in [-0.1, -0.05) is 37.6 Å². The van der Waals surface area contributed by atoms with Crippen molar-refractivity contribution in [3.8, 4) is 0 Å². The lowest BCUT2D eigenvalue weighted by Gasteiger charge is -2.09. The molecule has 1 fully saturated rings. The molecule has 0 aromatic heterocycles. The number of nitrogens with zero attached hydrogens (tertiary/aromatic N) is 1. The van der Waals surface area contributed by atoms with Gasteiger partial charge in [-0.05, 0) is 18.1 Å². The zero-order valence-corrected chi connectivity index (χ0v) is 11.3. The van der Waals surface area contributed by atoms with E-state index in [4.69, 9.17) is 0 Å². The second kappa shape index (κ2) is 6.14. The van der Waals surface area contributed by atoms with Gasteiger partial charge in [0.05, 0.1) is 0 Å². The van der Waals surface area contributed by atoms with Crippen molar-refractivity contribution in [1.82, 2.24) is 10.2 Å². The molecule has 1 aliphatic rings. The molecule has 5 nitrogen and oxygen atoms in total. The van der Waals surface area contributed by atoms with Crippen LogP contribution in [0.15, 0.2) is 30.0 Å². The summed E-state index contributed by atoms with van der Waals surface area (Å²) in [6.45, 7) is 2.44. The first kappa shape index (κ1) is 14.0. The molecule has 1 aliphatic heterocycles. The number of imide groups is 1. The molecule has 20 heavy (non-hydrogen) atoms. The molecular weight excluding hydrogens is 256 g/mol. The van der Waals surface area contributed by atoms with Crippen molar-refractivity contribution in [2.24, 2.45) is 0 Å². The zero-order chi connectivity index (χ0) is 14.5. The molecule has 1 heterocycles. The molecule has 1 N–H and O–H groups in total. The van der Waals surface area contributed by atoms with E-state index in [0.29, 0.717) is 12.1 Å². The molecule has 1 aromatic rings. The van der Waals surface area contributed by atoms with Crippen LogP contribution in [0.4, 0.5) is 4.79 Å². The van der Waals surface area contributed by atoms with Gasteiger partial charge < -0.3 is 5.32 Å². The molecule has 1 aromatic carbocycles. The van der Waals surface area contributed by atoms with Gasteiger partial charge in [-0.25, -0.2) is 4.79 Å². The minimum absolute atomic E-state index is 0.268. The smallest absolute Gasteiger partial charge is 0.303 e. The quantitative estimate of drug-likeness (QED) is 0.507. The number of carbonyl (C=O) groups is 3. The molecule has 0 bridgehead atoms. The summed E-state index contributed by atoms with van der Waals surface area (Å²) in [7, 11) is 0. The Bertz CT molecular complexity index is 561. The van der Waals surface area contributed by atoms with Gasteiger partial charge in [0.15, 0.2) is 0 Å². The number of amides is 3. The first-order valence-electron chi connectivity index (χ1n) is 6.55. The lowest BCUT2D eigenvalue weighted by molar-refractivity contribution is -0.122. The van der Waals surface area contributed by atoms with Gasteiger partial charge in [0.25, 0.3) is 5.91 Å². The molecule has 0 saturated carbocycles. The van der Waals surface area contributed by atoms with Crippen LogP contribution < -0.4 is 5.32 Å². The molecular formula is C15H16N2O3. The Labute approximate surface area is 117 Å². The van der Waals surface area contributed by atoms with E-state index in [2.05, 4.69) is 5.32 Å². The van der Waals surface area contributed by atoms with E-state index in [0.717, 1.165) is 24.7 Å². The largest absolute Gasteiger partial charge is 0.329 e. The van der Waals surface area contributed by atoms with Crippen molar-refractivity contribution in [1.29, 1.82) is 0 Å². The first-order valence-corrected chi connectivity index (χ1v) is 6.55. The highest BCUT2D eigenvalue weighted by Crippen LogP contribution is 2.15. The standard InChI is InChI=1S/C15H16N2O3/c1-2-3-8-17-14(19)13(16-15(17)20)9-11-4-6-12(10-18)7-5-11/h4-7,9-10H,2-3,8H2,1H3,(H,16,20)/b13-9-. The fraction of sp³-hybridized carbons (Fsp3) is 0.267. The maximum absolute atomic E-state index is 12.1. The van der Waals surface area contributed by atoms with Crippen LogP contribution in [0, 0.1) is 0 Å². The van der Waals surface area contributed by atoms with Crippen LogP contribution in [-0.4, -0.2) is 29.7 Å². The van der Waals surface area contributed by atoms with Gasteiger partial charge in [-0.3, -0.25) is 14.5 Å². The normalized spacial score (nSPS) is 16.6. The lowest BCUT2D eigenvalue weighted by Crippen LogP contribution is -2.31. The number of aldehydes is 1. The van der Waals surface area contributed by atoms with Crippen LogP contribution in [0.3, 0.4) is 0 Å². The van der Waals surface area contributed by atoms with Gasteiger partial charge >= 0.3 is 6.03 Å². The minimum Gasteiger partial charge on any atom is -0.303 e. The number of urea groups is 1. The summed E-state index contributed by atoms with van der Waals surface area (Å²) in [6, 6.07) is 6.40. The Morgan fingerprint density at radius 1 is 1.15 bits per heavy atom. The predicted octanol–water partition coefficient (Wildman–Crippen LogP) is 2.19. The second-order valence-electron chi connectivity index (χ2n) is 4.58. The van der Waals surface area contributed by atoms with E-state index in [9.17, 15) is 14.4 Å². The van der Waals surface area contributed by atoms with Crippen LogP contribution in [-0.2, 0) is 4.79 Å². The molecule has 1 saturated heterocycles. The van der Waals surface area contributed by atoms with Gasteiger partial charge in [-0.2, -0.15) is 0 Å². The Morgan fingerprint density at radius 2 is 1.80 bits per heavy atom. The van der Waals surface area contributed by atoms with Crippen molar-refractivity contribution < 1.29 is 14.4 Å². The van der Waals surface area contributed by atoms with E-state index < -0.39 is 0 Å². The summed E-state index contributed by atoms with van der Waals surface area (Å²) in [5.41, 5.74) is 1.60. The highest BCUT2D eigenvalue weighted by atomic mass is 16.2. The zero-order valence-electron chi connectivity index (χ0n) is 11.3. The Hall–Kier alpha value is -2.43. The van der Waals surface area contributed by atoms with E-state index in [-0.39, 0.29) is 17.6 Å². The van der Waals surface area contributed by atoms with E-state index >= 15 is 0 Å². The molecule has 0 spiro atoms. The molecule has 104 valence electrons. The maximum Gasteiger partial charge on any atom is 0.329 e. The van der Waals surface area contributed by atoms with Gasteiger partial charge in [-0.15, -0.1) is 0 Å². The highest BCUT2D eigenvalue weighted by molar-refractivity contribution is 6.13. The number of carbonyl (C=O) groups excluding carboxylic acids is 3. The number of hydrogen-bond donors (Lipinski definition) is 1. The number of hydrogen-bond acceptors (Lipinski definition) is 3. The predicted molar refractivity (Wildman–Crippen MR) is 75.0 cm³/mol. The second-order valence-corrected chi connectivity index (χ2v) is 4.58. The monoisotopic (exact) mass is 272 g/mol. The molecule has 3 amide bonds. The molecule has 5 heteroatoms. The molecule has 0 radical (unpaired) electrons. The number of benzene rings is 1. The van der Waals surface area contributed by atoms with Crippen molar-refractivity contribution in [3.05, 3.63) is 41.1 Å². The summed E-state index contributed by atoms with van der Waals surface area (Å²) in [6.07, 6.45) is 4.08. The van der Waals surface area contributed by atoms with Crippen molar-refractivity contribution in [3.63, 3.8) is 0 Å². The van der Waals surface area contributed by atoms with Crippen LogP contribution >= 0.6 is 0 Å². The van der Waals surface area contributed by atoms with Gasteiger partial charge in [0.1, 0.15) is 12.0 Å². The summed E-state index contributed by atoms with van der Waals surface area (Å²) in [5, 5.41) is 2.57. The number of unbranched alkanes of at least 4 members (excludes halogenated alkanes) is 1. The van der Waals surface area contributed by atoms with Crippen LogP contribution in [0.1, 0.15) is 35.7 Å². The third-order valence-electron chi connectivity index (χ3n) is 3.08. The van der Waals surface area contributed by atoms with E-state index in [1.54, 1.807) is 30.3 Å². The van der Waals surface area contributed by atoms with E-state index in [1.165, 1.54) is 4.90 Å². The fourth-order valence-electron chi connectivity index (χ4n) is 1.93. The molecule has 0 unspecified atom stereocenters. The minimum atomic E-state index is -0.376. The van der Waals surface area contributed by atoms with Crippen molar-refractivity contribution in [2.45, 2.75) is 19.8 Å². The average Bonchev–Trinajstić information content (AvgIpc) is 2.72. The third-order valence-corrected chi connectivity index (χ3v) is 3.08. The highest BCUT2D eigenvalue weighted by Gasteiger charge is 2.32. The lowest BCUT2D eigenvalue weighted by atomic mass is 10.1. The third kappa shape index (κ3) is 2.93. The SMILES string of the molecule is CCCCN1C(=O)N/C(=C\c2ccc(C=O)cc2)C1=O. The maximum atomic E-state index is 12.1. The molecule has 2 rings (SSSR count). The Balaban J connectivity index is 2.16. The topological polar surface area (TPSA) is 66.5 Å². The van der Waals surface area contributed by atoms with Crippen LogP contribution in [0.5, 0.6) is 0 Å². The Morgan fingerprint density at radius 3 is 2.40 bits per heavy atom. The first-order chi connectivity index (χ1) is 9.65. The summed E-state index contributed by atoms with van der Waals surface area (Å²) in [4.78, 5) is 35.6. The molecule has 0 aliphatic carbocycles. The Kier molecular flexibility index (Phi) is 4.30. The number of rotatable bonds is 5. The fourth-order valence-corrected chi connectivity index (χ4v) is 1.93. The van der Waals surface area contributed by atoms with Gasteiger partial charge in [0, 0.05) is 12.1 Å². The van der Waals surface area contributed by atoms with Crippen LogP contribution in [0.2, 0.25) is 0 Å². The number of nitrogens with one attached hydrogen (secondary N) is 1. The molecule has 0 atom stereocenters. The summed E-state index contributed by atoms with van der Waals surface area (Å²) in [5.74, 6) is -0.303. The van der Waals surface area contributed by atoms with Gasteiger partial charge in [0.2, 0.25) is 0 Å². The summed E-state index contributed by atoms with van der Waals surface area (Å²) < 4.78 is 0.